The summed E-state index contributed by atoms with van der Waals surface area (Å²) in [5.41, 5.74) is 5.26. The quantitative estimate of drug-likeness (QED) is 0.655. The van der Waals surface area contributed by atoms with Crippen molar-refractivity contribution in [1.29, 1.82) is 0 Å². The van der Waals surface area contributed by atoms with E-state index in [1.54, 1.807) is 4.90 Å². The molecule has 1 fully saturated rings. The Kier molecular flexibility index (Phi) is 5.79. The molecule has 1 aliphatic rings. The molecule has 114 valence electrons. The van der Waals surface area contributed by atoms with Gasteiger partial charge in [-0.25, -0.2) is 4.79 Å². The van der Waals surface area contributed by atoms with Gasteiger partial charge in [0.2, 0.25) is 5.91 Å². The third-order valence-electron chi connectivity index (χ3n) is 3.59. The molecular formula is C13H23N3O4. The van der Waals surface area contributed by atoms with Gasteiger partial charge in [0, 0.05) is 19.5 Å². The zero-order chi connectivity index (χ0) is 15.3. The van der Waals surface area contributed by atoms with E-state index >= 15 is 0 Å². The Balaban J connectivity index is 2.45. The van der Waals surface area contributed by atoms with E-state index in [1.165, 1.54) is 0 Å². The average molecular weight is 285 g/mol. The van der Waals surface area contributed by atoms with Crippen molar-refractivity contribution in [2.75, 3.05) is 13.1 Å². The molecule has 1 saturated heterocycles. The van der Waals surface area contributed by atoms with Gasteiger partial charge >= 0.3 is 12.0 Å². The molecule has 1 aliphatic heterocycles. The number of rotatable bonds is 6. The van der Waals surface area contributed by atoms with Gasteiger partial charge in [-0.1, -0.05) is 13.8 Å². The number of aliphatic carboxylic acids is 1. The summed E-state index contributed by atoms with van der Waals surface area (Å²) in [6.07, 6.45) is 1.49. The molecule has 2 atom stereocenters. The fourth-order valence-corrected chi connectivity index (χ4v) is 2.37. The first-order valence-electron chi connectivity index (χ1n) is 6.87. The van der Waals surface area contributed by atoms with Gasteiger partial charge in [0.25, 0.3) is 0 Å². The summed E-state index contributed by atoms with van der Waals surface area (Å²) < 4.78 is 0. The predicted molar refractivity (Wildman–Crippen MR) is 72.9 cm³/mol. The van der Waals surface area contributed by atoms with E-state index in [0.717, 1.165) is 6.42 Å². The Hall–Kier alpha value is -1.79. The molecule has 20 heavy (non-hydrogen) atoms. The van der Waals surface area contributed by atoms with E-state index in [1.807, 2.05) is 13.8 Å². The summed E-state index contributed by atoms with van der Waals surface area (Å²) in [5.74, 6) is -1.22. The van der Waals surface area contributed by atoms with E-state index in [4.69, 9.17) is 10.8 Å². The number of amides is 3. The summed E-state index contributed by atoms with van der Waals surface area (Å²) in [6.45, 7) is 4.74. The van der Waals surface area contributed by atoms with Gasteiger partial charge in [-0.05, 0) is 24.7 Å². The van der Waals surface area contributed by atoms with E-state index in [2.05, 4.69) is 5.32 Å². The van der Waals surface area contributed by atoms with Gasteiger partial charge in [0.05, 0.1) is 0 Å². The standard InChI is InChI=1S/C13H23N3O4/c1-8(2)11(12(14)19)15-13(20)16-6-5-9(7-16)3-4-10(17)18/h8-9,11H,3-7H2,1-2H3,(H2,14,19)(H,15,20)(H,17,18). The Morgan fingerprint density at radius 1 is 1.40 bits per heavy atom. The fraction of sp³-hybridized carbons (Fsp3) is 0.769. The predicted octanol–water partition coefficient (Wildman–Crippen LogP) is 0.393. The average Bonchev–Trinajstić information content (AvgIpc) is 2.81. The molecule has 0 aromatic carbocycles. The van der Waals surface area contributed by atoms with Gasteiger partial charge in [0.1, 0.15) is 6.04 Å². The molecule has 2 unspecified atom stereocenters. The number of hydrogen-bond donors (Lipinski definition) is 3. The number of likely N-dealkylation sites (tertiary alicyclic amines) is 1. The normalized spacial score (nSPS) is 19.9. The topological polar surface area (TPSA) is 113 Å². The van der Waals surface area contributed by atoms with Gasteiger partial charge in [-0.2, -0.15) is 0 Å². The second-order valence-electron chi connectivity index (χ2n) is 5.61. The molecule has 0 spiro atoms. The molecule has 0 bridgehead atoms. The molecule has 0 aromatic heterocycles. The van der Waals surface area contributed by atoms with Crippen molar-refractivity contribution in [2.45, 2.75) is 39.2 Å². The van der Waals surface area contributed by atoms with Crippen LogP contribution in [0.25, 0.3) is 0 Å². The number of carboxylic acids is 1. The Morgan fingerprint density at radius 3 is 2.55 bits per heavy atom. The van der Waals surface area contributed by atoms with Crippen LogP contribution in [0.15, 0.2) is 0 Å². The van der Waals surface area contributed by atoms with Gasteiger partial charge in [-0.15, -0.1) is 0 Å². The lowest BCUT2D eigenvalue weighted by atomic mass is 10.0. The van der Waals surface area contributed by atoms with Crippen LogP contribution in [-0.4, -0.2) is 47.0 Å². The highest BCUT2D eigenvalue weighted by molar-refractivity contribution is 5.86. The van der Waals surface area contributed by atoms with Gasteiger partial charge in [-0.3, -0.25) is 9.59 Å². The van der Waals surface area contributed by atoms with Gasteiger partial charge in [0.15, 0.2) is 0 Å². The molecule has 3 amide bonds. The summed E-state index contributed by atoms with van der Waals surface area (Å²) in [4.78, 5) is 35.4. The monoisotopic (exact) mass is 285 g/mol. The molecular weight excluding hydrogens is 262 g/mol. The minimum atomic E-state index is -0.818. The Labute approximate surface area is 118 Å². The van der Waals surface area contributed by atoms with Crippen molar-refractivity contribution < 1.29 is 19.5 Å². The number of nitrogens with zero attached hydrogens (tertiary/aromatic N) is 1. The number of nitrogens with two attached hydrogens (primary N) is 1. The number of nitrogens with one attached hydrogen (secondary N) is 1. The zero-order valence-electron chi connectivity index (χ0n) is 12.0. The van der Waals surface area contributed by atoms with Crippen LogP contribution in [0.1, 0.15) is 33.1 Å². The SMILES string of the molecule is CC(C)C(NC(=O)N1CCC(CCC(=O)O)C1)C(N)=O. The van der Waals surface area contributed by atoms with Crippen LogP contribution >= 0.6 is 0 Å². The van der Waals surface area contributed by atoms with Gasteiger partial charge < -0.3 is 21.1 Å². The molecule has 0 radical (unpaired) electrons. The maximum atomic E-state index is 12.0. The number of carbonyl (C=O) groups is 3. The van der Waals surface area contributed by atoms with Crippen LogP contribution in [0.2, 0.25) is 0 Å². The van der Waals surface area contributed by atoms with Crippen molar-refractivity contribution in [3.63, 3.8) is 0 Å². The second-order valence-corrected chi connectivity index (χ2v) is 5.61. The van der Waals surface area contributed by atoms with Crippen LogP contribution < -0.4 is 11.1 Å². The third-order valence-corrected chi connectivity index (χ3v) is 3.59. The van der Waals surface area contributed by atoms with E-state index < -0.39 is 17.9 Å². The first kappa shape index (κ1) is 16.3. The van der Waals surface area contributed by atoms with Crippen molar-refractivity contribution in [3.05, 3.63) is 0 Å². The highest BCUT2D eigenvalue weighted by Gasteiger charge is 2.29. The molecule has 0 aromatic rings. The first-order valence-corrected chi connectivity index (χ1v) is 6.87. The number of hydrogen-bond acceptors (Lipinski definition) is 3. The highest BCUT2D eigenvalue weighted by atomic mass is 16.4. The summed E-state index contributed by atoms with van der Waals surface area (Å²) in [6, 6.07) is -0.985. The van der Waals surface area contributed by atoms with Crippen LogP contribution in [0, 0.1) is 11.8 Å². The molecule has 7 heteroatoms. The molecule has 1 rings (SSSR count). The zero-order valence-corrected chi connectivity index (χ0v) is 12.0. The van der Waals surface area contributed by atoms with Crippen molar-refractivity contribution in [3.8, 4) is 0 Å². The first-order chi connectivity index (χ1) is 9.31. The number of carbonyl (C=O) groups excluding carboxylic acids is 2. The van der Waals surface area contributed by atoms with Crippen LogP contribution in [0.3, 0.4) is 0 Å². The Bertz CT molecular complexity index is 384. The highest BCUT2D eigenvalue weighted by Crippen LogP contribution is 2.21. The number of primary amides is 1. The van der Waals surface area contributed by atoms with E-state index in [-0.39, 0.29) is 24.3 Å². The summed E-state index contributed by atoms with van der Waals surface area (Å²) in [7, 11) is 0. The maximum absolute atomic E-state index is 12.0. The molecule has 4 N–H and O–H groups in total. The lowest BCUT2D eigenvalue weighted by Gasteiger charge is -2.23. The lowest BCUT2D eigenvalue weighted by Crippen LogP contribution is -2.51. The fourth-order valence-electron chi connectivity index (χ4n) is 2.37. The van der Waals surface area contributed by atoms with E-state index in [9.17, 15) is 14.4 Å². The molecule has 1 heterocycles. The number of carboxylic acid groups (broad SMARTS) is 1. The van der Waals surface area contributed by atoms with Crippen molar-refractivity contribution in [1.82, 2.24) is 10.2 Å². The van der Waals surface area contributed by atoms with Crippen LogP contribution in [0.4, 0.5) is 4.79 Å². The molecule has 7 nitrogen and oxygen atoms in total. The second kappa shape index (κ2) is 7.12. The minimum absolute atomic E-state index is 0.0677. The summed E-state index contributed by atoms with van der Waals surface area (Å²) >= 11 is 0. The minimum Gasteiger partial charge on any atom is -0.481 e. The largest absolute Gasteiger partial charge is 0.481 e. The van der Waals surface area contributed by atoms with E-state index in [0.29, 0.717) is 19.5 Å². The third kappa shape index (κ3) is 4.71. The van der Waals surface area contributed by atoms with Crippen molar-refractivity contribution >= 4 is 17.9 Å². The Morgan fingerprint density at radius 2 is 2.05 bits per heavy atom. The van der Waals surface area contributed by atoms with Crippen LogP contribution in [-0.2, 0) is 9.59 Å². The molecule has 0 saturated carbocycles. The van der Waals surface area contributed by atoms with Crippen LogP contribution in [0.5, 0.6) is 0 Å². The summed E-state index contributed by atoms with van der Waals surface area (Å²) in [5, 5.41) is 11.3. The smallest absolute Gasteiger partial charge is 0.318 e. The number of urea groups is 1. The molecule has 0 aliphatic carbocycles. The lowest BCUT2D eigenvalue weighted by molar-refractivity contribution is -0.137. The van der Waals surface area contributed by atoms with Crippen molar-refractivity contribution in [2.24, 2.45) is 17.6 Å². The maximum Gasteiger partial charge on any atom is 0.318 e.